The number of carbonyl (C=O) groups is 2. The molecule has 0 spiro atoms. The number of nitrogens with two attached hydrogens (primary N) is 2. The third-order valence-corrected chi connectivity index (χ3v) is 5.50. The molecule has 0 aromatic heterocycles. The van der Waals surface area contributed by atoms with Crippen LogP contribution in [0.1, 0.15) is 6.42 Å². The minimum absolute atomic E-state index is 0.0789. The van der Waals surface area contributed by atoms with E-state index in [1.165, 1.54) is 0 Å². The van der Waals surface area contributed by atoms with Gasteiger partial charge in [0.15, 0.2) is 11.7 Å². The molecule has 9 nitrogen and oxygen atoms in total. The SMILES string of the molecule is CS(=O)(=O)OC1=CC(=O)CN2CCC3C=C(C(=O)N=C(N)N)C=C(C1Cl)C32. The van der Waals surface area contributed by atoms with Gasteiger partial charge >= 0.3 is 10.1 Å². The number of ketones is 1. The average Bonchev–Trinajstić information content (AvgIpc) is 2.92. The van der Waals surface area contributed by atoms with E-state index >= 15 is 0 Å². The quantitative estimate of drug-likeness (QED) is 0.269. The van der Waals surface area contributed by atoms with Crippen LogP contribution in [0.3, 0.4) is 0 Å². The van der Waals surface area contributed by atoms with Gasteiger partial charge in [0.25, 0.3) is 5.91 Å². The molecule has 3 unspecified atom stereocenters. The summed E-state index contributed by atoms with van der Waals surface area (Å²) in [5.74, 6) is -1.54. The standard InChI is InChI=1S/C16H19ClN4O5S/c1-27(24,25)26-12-6-10(22)7-21-3-2-8-4-9(15(23)20-16(18)19)5-11(13(12)17)14(8)21/h4-6,8,13-14H,2-3,7H2,1H3,(H4,18,19,20,23). The second-order valence-corrected chi connectivity index (χ2v) is 8.65. The molecule has 2 aliphatic heterocycles. The summed E-state index contributed by atoms with van der Waals surface area (Å²) in [4.78, 5) is 30.0. The van der Waals surface area contributed by atoms with Crippen molar-refractivity contribution in [2.24, 2.45) is 22.4 Å². The monoisotopic (exact) mass is 414 g/mol. The van der Waals surface area contributed by atoms with Crippen molar-refractivity contribution in [3.63, 3.8) is 0 Å². The maximum absolute atomic E-state index is 12.3. The highest BCUT2D eigenvalue weighted by Crippen LogP contribution is 2.41. The minimum atomic E-state index is -3.89. The van der Waals surface area contributed by atoms with Crippen LogP contribution in [-0.4, -0.2) is 61.7 Å². The van der Waals surface area contributed by atoms with Crippen LogP contribution in [0.2, 0.25) is 0 Å². The number of alkyl halides is 1. The van der Waals surface area contributed by atoms with Crippen LogP contribution < -0.4 is 11.5 Å². The largest absolute Gasteiger partial charge is 0.385 e. The van der Waals surface area contributed by atoms with Crippen LogP contribution >= 0.6 is 11.6 Å². The maximum Gasteiger partial charge on any atom is 0.305 e. The van der Waals surface area contributed by atoms with Crippen molar-refractivity contribution in [2.45, 2.75) is 17.8 Å². The van der Waals surface area contributed by atoms with Gasteiger partial charge in [0.2, 0.25) is 0 Å². The van der Waals surface area contributed by atoms with E-state index in [0.717, 1.165) is 12.3 Å². The molecule has 0 aromatic rings. The fourth-order valence-corrected chi connectivity index (χ4v) is 4.50. The third-order valence-electron chi connectivity index (χ3n) is 4.54. The Hall–Kier alpha value is -2.17. The Morgan fingerprint density at radius 1 is 1.37 bits per heavy atom. The lowest BCUT2D eigenvalue weighted by Gasteiger charge is -2.35. The number of allylic oxidation sites excluding steroid dienone is 1. The highest BCUT2D eigenvalue weighted by Gasteiger charge is 2.43. The molecule has 27 heavy (non-hydrogen) atoms. The molecule has 1 amide bonds. The lowest BCUT2D eigenvalue weighted by Crippen LogP contribution is -2.43. The number of rotatable bonds is 3. The fraction of sp³-hybridized carbons (Fsp3) is 0.438. The van der Waals surface area contributed by atoms with Crippen molar-refractivity contribution in [1.29, 1.82) is 0 Å². The van der Waals surface area contributed by atoms with Gasteiger partial charge in [-0.1, -0.05) is 6.08 Å². The number of aliphatic imine (C=N–C) groups is 1. The normalized spacial score (nSPS) is 28.1. The fourth-order valence-electron chi connectivity index (χ4n) is 3.66. The second kappa shape index (κ2) is 7.10. The molecular weight excluding hydrogens is 396 g/mol. The van der Waals surface area contributed by atoms with Crippen LogP contribution in [0, 0.1) is 5.92 Å². The van der Waals surface area contributed by atoms with Gasteiger partial charge in [-0.25, -0.2) is 0 Å². The molecule has 0 saturated carbocycles. The molecule has 3 atom stereocenters. The number of amides is 1. The molecule has 1 saturated heterocycles. The molecule has 3 aliphatic rings. The summed E-state index contributed by atoms with van der Waals surface area (Å²) in [6.07, 6.45) is 5.98. The lowest BCUT2D eigenvalue weighted by molar-refractivity contribution is -0.116. The smallest absolute Gasteiger partial charge is 0.305 e. The van der Waals surface area contributed by atoms with E-state index in [1.54, 1.807) is 12.2 Å². The maximum atomic E-state index is 12.3. The van der Waals surface area contributed by atoms with Gasteiger partial charge in [0.05, 0.1) is 12.8 Å². The van der Waals surface area contributed by atoms with Crippen molar-refractivity contribution in [3.05, 3.63) is 35.1 Å². The molecule has 3 rings (SSSR count). The average molecular weight is 415 g/mol. The van der Waals surface area contributed by atoms with Crippen LogP contribution in [0.5, 0.6) is 0 Å². The van der Waals surface area contributed by atoms with Crippen LogP contribution in [0.25, 0.3) is 0 Å². The predicted octanol–water partition coefficient (Wildman–Crippen LogP) is -0.606. The highest BCUT2D eigenvalue weighted by atomic mass is 35.5. The first-order chi connectivity index (χ1) is 12.5. The highest BCUT2D eigenvalue weighted by molar-refractivity contribution is 7.86. The molecule has 4 N–H and O–H groups in total. The Morgan fingerprint density at radius 2 is 2.07 bits per heavy atom. The minimum Gasteiger partial charge on any atom is -0.385 e. The summed E-state index contributed by atoms with van der Waals surface area (Å²) in [5.41, 5.74) is 11.4. The topological polar surface area (TPSA) is 145 Å². The molecule has 0 aromatic carbocycles. The first-order valence-corrected chi connectivity index (χ1v) is 10.4. The Morgan fingerprint density at radius 3 is 2.70 bits per heavy atom. The zero-order valence-corrected chi connectivity index (χ0v) is 16.0. The number of carbonyl (C=O) groups excluding carboxylic acids is 2. The second-order valence-electron chi connectivity index (χ2n) is 6.64. The Labute approximate surface area is 161 Å². The Bertz CT molecular complexity index is 917. The lowest BCUT2D eigenvalue weighted by atomic mass is 9.83. The molecule has 2 heterocycles. The number of halogens is 1. The van der Waals surface area contributed by atoms with Crippen LogP contribution in [-0.2, 0) is 23.9 Å². The number of guanidine groups is 1. The third kappa shape index (κ3) is 4.23. The predicted molar refractivity (Wildman–Crippen MR) is 99.1 cm³/mol. The number of hydrogen-bond donors (Lipinski definition) is 2. The molecule has 146 valence electrons. The molecule has 11 heteroatoms. The van der Waals surface area contributed by atoms with E-state index in [-0.39, 0.29) is 41.6 Å². The first kappa shape index (κ1) is 19.6. The van der Waals surface area contributed by atoms with Gasteiger partial charge in [-0.05, 0) is 30.5 Å². The molecule has 1 fully saturated rings. The van der Waals surface area contributed by atoms with E-state index in [0.29, 0.717) is 18.5 Å². The van der Waals surface area contributed by atoms with E-state index in [2.05, 4.69) is 4.99 Å². The summed E-state index contributed by atoms with van der Waals surface area (Å²) in [7, 11) is -3.89. The summed E-state index contributed by atoms with van der Waals surface area (Å²) >= 11 is 6.51. The summed E-state index contributed by atoms with van der Waals surface area (Å²) < 4.78 is 28.1. The Balaban J connectivity index is 2.07. The summed E-state index contributed by atoms with van der Waals surface area (Å²) in [6, 6.07) is -0.237. The van der Waals surface area contributed by atoms with Gasteiger partial charge in [-0.3, -0.25) is 14.5 Å². The molecular formula is C16H19ClN4O5S. The van der Waals surface area contributed by atoms with Crippen molar-refractivity contribution < 1.29 is 22.2 Å². The van der Waals surface area contributed by atoms with Gasteiger partial charge in [-0.15, -0.1) is 11.6 Å². The Kier molecular flexibility index (Phi) is 5.15. The molecule has 0 bridgehead atoms. The van der Waals surface area contributed by atoms with Crippen LogP contribution in [0.4, 0.5) is 0 Å². The van der Waals surface area contributed by atoms with Crippen molar-refractivity contribution in [1.82, 2.24) is 4.90 Å². The van der Waals surface area contributed by atoms with Gasteiger partial charge in [-0.2, -0.15) is 13.4 Å². The zero-order valence-electron chi connectivity index (χ0n) is 14.5. The van der Waals surface area contributed by atoms with Crippen molar-refractivity contribution in [2.75, 3.05) is 19.3 Å². The molecule has 0 radical (unpaired) electrons. The van der Waals surface area contributed by atoms with Gasteiger partial charge in [0, 0.05) is 17.7 Å². The zero-order chi connectivity index (χ0) is 19.9. The van der Waals surface area contributed by atoms with E-state index in [4.69, 9.17) is 27.3 Å². The van der Waals surface area contributed by atoms with Crippen molar-refractivity contribution >= 4 is 39.4 Å². The van der Waals surface area contributed by atoms with Crippen molar-refractivity contribution in [3.8, 4) is 0 Å². The van der Waals surface area contributed by atoms with E-state index in [9.17, 15) is 18.0 Å². The van der Waals surface area contributed by atoms with Crippen LogP contribution in [0.15, 0.2) is 40.1 Å². The number of hydrogen-bond acceptors (Lipinski definition) is 6. The number of nitrogens with zero attached hydrogens (tertiary/aromatic N) is 2. The van der Waals surface area contributed by atoms with E-state index < -0.39 is 21.4 Å². The van der Waals surface area contributed by atoms with Gasteiger partial charge < -0.3 is 15.7 Å². The summed E-state index contributed by atoms with van der Waals surface area (Å²) in [5, 5.41) is -1.03. The van der Waals surface area contributed by atoms with E-state index in [1.807, 2.05) is 4.90 Å². The first-order valence-electron chi connectivity index (χ1n) is 8.14. The van der Waals surface area contributed by atoms with Gasteiger partial charge in [0.1, 0.15) is 11.1 Å². The summed E-state index contributed by atoms with van der Waals surface area (Å²) in [6.45, 7) is 0.738. The molecule has 1 aliphatic carbocycles.